The van der Waals surface area contributed by atoms with Crippen LogP contribution in [0.4, 0.5) is 0 Å². The molecular formula is C37H62O4Si2. The van der Waals surface area contributed by atoms with Gasteiger partial charge in [0.05, 0.1) is 12.2 Å². The molecule has 0 unspecified atom stereocenters. The Kier molecular flexibility index (Phi) is 14.1. The molecule has 0 saturated carbocycles. The maximum Gasteiger partial charge on any atom is 0.261 e. The van der Waals surface area contributed by atoms with Gasteiger partial charge in [-0.25, -0.2) is 0 Å². The molecule has 0 spiro atoms. The molecule has 0 aliphatic carbocycles. The topological polar surface area (TPSA) is 58.9 Å². The fourth-order valence-corrected chi connectivity index (χ4v) is 11.8. The molecule has 0 aromatic heterocycles. The zero-order valence-corrected chi connectivity index (χ0v) is 31.1. The molecule has 2 N–H and O–H groups in total. The summed E-state index contributed by atoms with van der Waals surface area (Å²) in [6, 6.07) is 21.6. The lowest BCUT2D eigenvalue weighted by Crippen LogP contribution is -2.66. The Balaban J connectivity index is 2.17. The molecule has 0 saturated heterocycles. The van der Waals surface area contributed by atoms with Crippen LogP contribution >= 0.6 is 0 Å². The quantitative estimate of drug-likeness (QED) is 0.112. The smallest absolute Gasteiger partial charge is 0.261 e. The second kappa shape index (κ2) is 16.1. The molecule has 43 heavy (non-hydrogen) atoms. The van der Waals surface area contributed by atoms with Gasteiger partial charge in [0.1, 0.15) is 0 Å². The van der Waals surface area contributed by atoms with E-state index in [-0.39, 0.29) is 28.7 Å². The van der Waals surface area contributed by atoms with E-state index in [0.29, 0.717) is 18.9 Å². The molecule has 2 rings (SSSR count). The summed E-state index contributed by atoms with van der Waals surface area (Å²) in [5.74, 6) is 0.375. The molecule has 0 bridgehead atoms. The van der Waals surface area contributed by atoms with Gasteiger partial charge < -0.3 is 19.1 Å². The Morgan fingerprint density at radius 3 is 1.77 bits per heavy atom. The largest absolute Gasteiger partial charge is 0.411 e. The van der Waals surface area contributed by atoms with Crippen LogP contribution in [0.5, 0.6) is 0 Å². The first-order valence-corrected chi connectivity index (χ1v) is 21.2. The SMILES string of the molecule is C/C(=C\CCCCO[Si](c1ccccc1)(c1ccccc1)C(C)(C)C)[C@H](O)[C@H](O[Si](C)(C)C(C)(C)C)[C@H](CCO)C(C)C. The van der Waals surface area contributed by atoms with Crippen LogP contribution in [0.15, 0.2) is 72.3 Å². The lowest BCUT2D eigenvalue weighted by Gasteiger charge is -2.44. The van der Waals surface area contributed by atoms with Crippen LogP contribution < -0.4 is 10.4 Å². The van der Waals surface area contributed by atoms with Crippen LogP contribution in [-0.2, 0) is 8.85 Å². The number of hydrogen-bond acceptors (Lipinski definition) is 4. The van der Waals surface area contributed by atoms with E-state index in [2.05, 4.69) is 135 Å². The van der Waals surface area contributed by atoms with Gasteiger partial charge in [-0.05, 0) is 83.6 Å². The fourth-order valence-electron chi connectivity index (χ4n) is 5.87. The Morgan fingerprint density at radius 2 is 1.35 bits per heavy atom. The number of hydrogen-bond donors (Lipinski definition) is 2. The molecule has 0 amide bonds. The van der Waals surface area contributed by atoms with Gasteiger partial charge in [0.25, 0.3) is 8.32 Å². The molecule has 4 nitrogen and oxygen atoms in total. The molecule has 2 aromatic carbocycles. The standard InChI is InChI=1S/C37H62O4Si2/c1-29(2)33(26-27-38)35(41-42(10,11)36(4,5)6)34(39)30(3)21-15-14-20-28-40-43(37(7,8)9,31-22-16-12-17-23-31)32-24-18-13-19-25-32/h12-13,16-19,21-25,29,33-35,38-39H,14-15,20,26-28H2,1-11H3/b30-21+/t33-,34+,35-/m1/s1. The molecule has 3 atom stereocenters. The van der Waals surface area contributed by atoms with E-state index in [1.807, 2.05) is 6.92 Å². The molecular weight excluding hydrogens is 565 g/mol. The molecule has 242 valence electrons. The van der Waals surface area contributed by atoms with Crippen molar-refractivity contribution in [3.05, 3.63) is 72.3 Å². The molecule has 6 heteroatoms. The normalized spacial score (nSPS) is 15.9. The first kappa shape index (κ1) is 37.6. The van der Waals surface area contributed by atoms with Crippen molar-refractivity contribution in [2.24, 2.45) is 11.8 Å². The fraction of sp³-hybridized carbons (Fsp3) is 0.622. The van der Waals surface area contributed by atoms with Crippen molar-refractivity contribution in [2.45, 2.75) is 123 Å². The third-order valence-corrected chi connectivity index (χ3v) is 19.1. The van der Waals surface area contributed by atoms with Crippen molar-refractivity contribution in [1.29, 1.82) is 0 Å². The summed E-state index contributed by atoms with van der Waals surface area (Å²) >= 11 is 0. The molecule has 0 aliphatic heterocycles. The summed E-state index contributed by atoms with van der Waals surface area (Å²) in [6.45, 7) is 25.3. The Hall–Kier alpha value is -1.55. The average Bonchev–Trinajstić information content (AvgIpc) is 2.93. The van der Waals surface area contributed by atoms with E-state index in [0.717, 1.165) is 24.8 Å². The van der Waals surface area contributed by atoms with E-state index < -0.39 is 22.7 Å². The second-order valence-electron chi connectivity index (χ2n) is 15.2. The number of aliphatic hydroxyl groups excluding tert-OH is 2. The van der Waals surface area contributed by atoms with Gasteiger partial charge >= 0.3 is 0 Å². The summed E-state index contributed by atoms with van der Waals surface area (Å²) in [4.78, 5) is 0. The summed E-state index contributed by atoms with van der Waals surface area (Å²) in [5, 5.41) is 24.1. The van der Waals surface area contributed by atoms with Gasteiger partial charge in [-0.3, -0.25) is 0 Å². The van der Waals surface area contributed by atoms with Crippen molar-refractivity contribution in [1.82, 2.24) is 0 Å². The highest BCUT2D eigenvalue weighted by Crippen LogP contribution is 2.40. The monoisotopic (exact) mass is 626 g/mol. The second-order valence-corrected chi connectivity index (χ2v) is 24.2. The summed E-state index contributed by atoms with van der Waals surface area (Å²) in [6.07, 6.45) is 4.61. The zero-order chi connectivity index (χ0) is 32.5. The third-order valence-electron chi connectivity index (χ3n) is 9.56. The molecule has 0 fully saturated rings. The molecule has 2 aromatic rings. The molecule has 0 radical (unpaired) electrons. The zero-order valence-electron chi connectivity index (χ0n) is 29.1. The van der Waals surface area contributed by atoms with E-state index >= 15 is 0 Å². The number of rotatable bonds is 16. The lowest BCUT2D eigenvalue weighted by molar-refractivity contribution is -0.0114. The Morgan fingerprint density at radius 1 is 0.837 bits per heavy atom. The van der Waals surface area contributed by atoms with Crippen LogP contribution in [0.25, 0.3) is 0 Å². The number of aliphatic hydroxyl groups is 2. The minimum absolute atomic E-state index is 0.0308. The van der Waals surface area contributed by atoms with Crippen molar-refractivity contribution in [3.63, 3.8) is 0 Å². The van der Waals surface area contributed by atoms with Crippen molar-refractivity contribution in [2.75, 3.05) is 13.2 Å². The first-order valence-electron chi connectivity index (χ1n) is 16.4. The maximum atomic E-state index is 11.6. The van der Waals surface area contributed by atoms with Crippen LogP contribution in [0.1, 0.15) is 88.0 Å². The Labute approximate surface area is 266 Å². The van der Waals surface area contributed by atoms with Gasteiger partial charge in [-0.1, -0.05) is 122 Å². The van der Waals surface area contributed by atoms with Gasteiger partial charge in [0, 0.05) is 13.2 Å². The van der Waals surface area contributed by atoms with Gasteiger partial charge in [0.15, 0.2) is 8.32 Å². The minimum atomic E-state index is -2.52. The van der Waals surface area contributed by atoms with Crippen LogP contribution in [0.3, 0.4) is 0 Å². The van der Waals surface area contributed by atoms with Gasteiger partial charge in [-0.2, -0.15) is 0 Å². The molecule has 0 aliphatic rings. The van der Waals surface area contributed by atoms with E-state index in [1.54, 1.807) is 0 Å². The van der Waals surface area contributed by atoms with E-state index in [9.17, 15) is 10.2 Å². The summed E-state index contributed by atoms with van der Waals surface area (Å²) in [7, 11) is -4.66. The first-order chi connectivity index (χ1) is 20.0. The van der Waals surface area contributed by atoms with Crippen LogP contribution in [0.2, 0.25) is 23.2 Å². The van der Waals surface area contributed by atoms with E-state index in [4.69, 9.17) is 8.85 Å². The molecule has 0 heterocycles. The van der Waals surface area contributed by atoms with Crippen molar-refractivity contribution >= 4 is 27.0 Å². The summed E-state index contributed by atoms with van der Waals surface area (Å²) in [5.41, 5.74) is 0.959. The van der Waals surface area contributed by atoms with Gasteiger partial charge in [-0.15, -0.1) is 0 Å². The van der Waals surface area contributed by atoms with Crippen LogP contribution in [-0.4, -0.2) is 52.3 Å². The Bertz CT molecular complexity index is 1060. The minimum Gasteiger partial charge on any atom is -0.411 e. The van der Waals surface area contributed by atoms with Gasteiger partial charge in [0.2, 0.25) is 0 Å². The summed E-state index contributed by atoms with van der Waals surface area (Å²) < 4.78 is 13.9. The maximum absolute atomic E-state index is 11.6. The third kappa shape index (κ3) is 9.72. The van der Waals surface area contributed by atoms with Crippen molar-refractivity contribution in [3.8, 4) is 0 Å². The van der Waals surface area contributed by atoms with E-state index in [1.165, 1.54) is 10.4 Å². The predicted octanol–water partition coefficient (Wildman–Crippen LogP) is 8.09. The van der Waals surface area contributed by atoms with Crippen molar-refractivity contribution < 1.29 is 19.1 Å². The number of benzene rings is 2. The predicted molar refractivity (Wildman–Crippen MR) is 189 cm³/mol. The number of unbranched alkanes of at least 4 members (excludes halogenated alkanes) is 2. The lowest BCUT2D eigenvalue weighted by atomic mass is 9.83. The highest BCUT2D eigenvalue weighted by Gasteiger charge is 2.50. The highest BCUT2D eigenvalue weighted by molar-refractivity contribution is 6.99. The average molecular weight is 627 g/mol. The van der Waals surface area contributed by atoms with Crippen LogP contribution in [0, 0.1) is 11.8 Å². The number of allylic oxidation sites excluding steroid dienone is 1. The highest BCUT2D eigenvalue weighted by atomic mass is 28.4.